The highest BCUT2D eigenvalue weighted by atomic mass is 35.5. The van der Waals surface area contributed by atoms with Gasteiger partial charge in [0.15, 0.2) is 0 Å². The lowest BCUT2D eigenvalue weighted by atomic mass is 10.1. The Morgan fingerprint density at radius 3 is 2.76 bits per heavy atom. The fourth-order valence-corrected chi connectivity index (χ4v) is 2.54. The maximum Gasteiger partial charge on any atom is 0.125 e. The summed E-state index contributed by atoms with van der Waals surface area (Å²) < 4.78 is 1.95. The van der Waals surface area contributed by atoms with Gasteiger partial charge in [0.2, 0.25) is 0 Å². The van der Waals surface area contributed by atoms with E-state index in [0.717, 1.165) is 30.2 Å². The van der Waals surface area contributed by atoms with Crippen molar-refractivity contribution < 1.29 is 0 Å². The van der Waals surface area contributed by atoms with Crippen LogP contribution in [0.25, 0.3) is 0 Å². The Labute approximate surface area is 130 Å². The number of nitrogens with one attached hydrogen (secondary N) is 1. The van der Waals surface area contributed by atoms with E-state index in [2.05, 4.69) is 41.2 Å². The standard InChI is InChI=1S/C15H22ClN5/c1-5-7-18-14(13-6-8-17-11(4)20-13)15-12(16)9-19-21(15)10(2)3/h6,8-10,14,18H,5,7H2,1-4H3. The number of aromatic nitrogens is 4. The molecular weight excluding hydrogens is 286 g/mol. The van der Waals surface area contributed by atoms with E-state index in [1.807, 2.05) is 17.7 Å². The molecule has 1 atom stereocenters. The van der Waals surface area contributed by atoms with Crippen molar-refractivity contribution in [2.45, 2.75) is 46.2 Å². The summed E-state index contributed by atoms with van der Waals surface area (Å²) in [4.78, 5) is 8.72. The molecule has 0 amide bonds. The Bertz CT molecular complexity index is 593. The van der Waals surface area contributed by atoms with Crippen LogP contribution in [-0.4, -0.2) is 26.3 Å². The van der Waals surface area contributed by atoms with E-state index in [1.165, 1.54) is 0 Å². The topological polar surface area (TPSA) is 55.6 Å². The zero-order chi connectivity index (χ0) is 15.4. The summed E-state index contributed by atoms with van der Waals surface area (Å²) >= 11 is 6.39. The van der Waals surface area contributed by atoms with Crippen LogP contribution in [0.3, 0.4) is 0 Å². The molecule has 0 radical (unpaired) electrons. The van der Waals surface area contributed by atoms with Crippen LogP contribution in [0.4, 0.5) is 0 Å². The predicted molar refractivity (Wildman–Crippen MR) is 84.5 cm³/mol. The molecule has 0 saturated heterocycles. The van der Waals surface area contributed by atoms with Crippen LogP contribution < -0.4 is 5.32 Å². The van der Waals surface area contributed by atoms with E-state index in [0.29, 0.717) is 5.02 Å². The average Bonchev–Trinajstić information content (AvgIpc) is 2.82. The minimum absolute atomic E-state index is 0.0796. The second-order valence-electron chi connectivity index (χ2n) is 5.33. The van der Waals surface area contributed by atoms with Crippen LogP contribution in [-0.2, 0) is 0 Å². The summed E-state index contributed by atoms with van der Waals surface area (Å²) in [6, 6.07) is 2.08. The Hall–Kier alpha value is -1.46. The lowest BCUT2D eigenvalue weighted by molar-refractivity contribution is 0.467. The fraction of sp³-hybridized carbons (Fsp3) is 0.533. The van der Waals surface area contributed by atoms with E-state index >= 15 is 0 Å². The first-order valence-corrected chi connectivity index (χ1v) is 7.68. The number of rotatable bonds is 6. The molecule has 2 heterocycles. The van der Waals surface area contributed by atoms with Gasteiger partial charge in [0.1, 0.15) is 5.82 Å². The molecule has 1 N–H and O–H groups in total. The van der Waals surface area contributed by atoms with Crippen molar-refractivity contribution in [3.63, 3.8) is 0 Å². The highest BCUT2D eigenvalue weighted by Gasteiger charge is 2.24. The minimum Gasteiger partial charge on any atom is -0.304 e. The van der Waals surface area contributed by atoms with Gasteiger partial charge in [-0.15, -0.1) is 0 Å². The number of nitrogens with zero attached hydrogens (tertiary/aromatic N) is 4. The molecule has 1 unspecified atom stereocenters. The number of halogens is 1. The van der Waals surface area contributed by atoms with Crippen LogP contribution in [0.2, 0.25) is 5.02 Å². The second-order valence-corrected chi connectivity index (χ2v) is 5.74. The molecule has 0 bridgehead atoms. The van der Waals surface area contributed by atoms with Crippen molar-refractivity contribution in [3.8, 4) is 0 Å². The third-order valence-corrected chi connectivity index (χ3v) is 3.53. The largest absolute Gasteiger partial charge is 0.304 e. The van der Waals surface area contributed by atoms with E-state index < -0.39 is 0 Å². The average molecular weight is 308 g/mol. The van der Waals surface area contributed by atoms with Crippen LogP contribution in [0.15, 0.2) is 18.5 Å². The van der Waals surface area contributed by atoms with Gasteiger partial charge in [0, 0.05) is 12.2 Å². The lowest BCUT2D eigenvalue weighted by Gasteiger charge is -2.22. The zero-order valence-corrected chi connectivity index (χ0v) is 13.7. The third kappa shape index (κ3) is 3.60. The molecular formula is C15H22ClN5. The van der Waals surface area contributed by atoms with Gasteiger partial charge >= 0.3 is 0 Å². The molecule has 0 aliphatic rings. The van der Waals surface area contributed by atoms with Crippen LogP contribution in [0.1, 0.15) is 56.5 Å². The summed E-state index contributed by atoms with van der Waals surface area (Å²) in [6.45, 7) is 9.09. The maximum absolute atomic E-state index is 6.39. The van der Waals surface area contributed by atoms with Crippen molar-refractivity contribution >= 4 is 11.6 Å². The third-order valence-electron chi connectivity index (χ3n) is 3.24. The molecule has 0 aromatic carbocycles. The Morgan fingerprint density at radius 2 is 2.14 bits per heavy atom. The second kappa shape index (κ2) is 7.00. The number of hydrogen-bond acceptors (Lipinski definition) is 4. The highest BCUT2D eigenvalue weighted by molar-refractivity contribution is 6.31. The van der Waals surface area contributed by atoms with Crippen LogP contribution in [0, 0.1) is 6.92 Å². The van der Waals surface area contributed by atoms with Gasteiger partial charge < -0.3 is 5.32 Å². The molecule has 0 spiro atoms. The maximum atomic E-state index is 6.39. The summed E-state index contributed by atoms with van der Waals surface area (Å²) in [5.41, 5.74) is 1.87. The van der Waals surface area contributed by atoms with Crippen molar-refractivity contribution in [3.05, 3.63) is 40.7 Å². The minimum atomic E-state index is -0.0796. The molecule has 2 aromatic heterocycles. The number of aryl methyl sites for hydroxylation is 1. The van der Waals surface area contributed by atoms with Crippen molar-refractivity contribution in [1.82, 2.24) is 25.1 Å². The van der Waals surface area contributed by atoms with Gasteiger partial charge in [-0.25, -0.2) is 9.97 Å². The van der Waals surface area contributed by atoms with Crippen molar-refractivity contribution in [2.75, 3.05) is 6.54 Å². The van der Waals surface area contributed by atoms with E-state index in [1.54, 1.807) is 12.4 Å². The van der Waals surface area contributed by atoms with Crippen molar-refractivity contribution in [1.29, 1.82) is 0 Å². The molecule has 0 aliphatic heterocycles. The van der Waals surface area contributed by atoms with Gasteiger partial charge in [0.25, 0.3) is 0 Å². The monoisotopic (exact) mass is 307 g/mol. The quantitative estimate of drug-likeness (QED) is 0.889. The van der Waals surface area contributed by atoms with Gasteiger partial charge in [0.05, 0.1) is 28.6 Å². The van der Waals surface area contributed by atoms with E-state index in [4.69, 9.17) is 11.6 Å². The van der Waals surface area contributed by atoms with E-state index in [9.17, 15) is 0 Å². The molecule has 5 nitrogen and oxygen atoms in total. The normalized spacial score (nSPS) is 12.9. The zero-order valence-electron chi connectivity index (χ0n) is 13.0. The predicted octanol–water partition coefficient (Wildman–Crippen LogP) is 3.30. The smallest absolute Gasteiger partial charge is 0.125 e. The van der Waals surface area contributed by atoms with Crippen LogP contribution >= 0.6 is 11.6 Å². The molecule has 6 heteroatoms. The Morgan fingerprint density at radius 1 is 1.38 bits per heavy atom. The summed E-state index contributed by atoms with van der Waals surface area (Å²) in [6.07, 6.45) is 4.52. The van der Waals surface area contributed by atoms with Gasteiger partial charge in [-0.2, -0.15) is 5.10 Å². The molecule has 114 valence electrons. The van der Waals surface area contributed by atoms with Gasteiger partial charge in [-0.05, 0) is 39.8 Å². The number of hydrogen-bond donors (Lipinski definition) is 1. The molecule has 0 fully saturated rings. The van der Waals surface area contributed by atoms with E-state index in [-0.39, 0.29) is 12.1 Å². The first-order valence-electron chi connectivity index (χ1n) is 7.30. The Kier molecular flexibility index (Phi) is 5.31. The van der Waals surface area contributed by atoms with Crippen molar-refractivity contribution in [2.24, 2.45) is 0 Å². The van der Waals surface area contributed by atoms with Gasteiger partial charge in [-0.1, -0.05) is 18.5 Å². The lowest BCUT2D eigenvalue weighted by Crippen LogP contribution is -2.27. The Balaban J connectivity index is 2.48. The summed E-state index contributed by atoms with van der Waals surface area (Å²) in [5.74, 6) is 0.752. The fourth-order valence-electron chi connectivity index (χ4n) is 2.30. The summed E-state index contributed by atoms with van der Waals surface area (Å²) in [7, 11) is 0. The molecule has 2 rings (SSSR count). The molecule has 21 heavy (non-hydrogen) atoms. The molecule has 0 aliphatic carbocycles. The van der Waals surface area contributed by atoms with Crippen LogP contribution in [0.5, 0.6) is 0 Å². The first-order chi connectivity index (χ1) is 10.0. The van der Waals surface area contributed by atoms with Gasteiger partial charge in [-0.3, -0.25) is 4.68 Å². The first kappa shape index (κ1) is 15.9. The molecule has 0 saturated carbocycles. The summed E-state index contributed by atoms with van der Waals surface area (Å²) in [5, 5.41) is 8.57. The SMILES string of the molecule is CCCNC(c1ccnc(C)n1)c1c(Cl)cnn1C(C)C. The molecule has 2 aromatic rings. The highest BCUT2D eigenvalue weighted by Crippen LogP contribution is 2.29.